The molecule has 0 radical (unpaired) electrons. The van der Waals surface area contributed by atoms with Gasteiger partial charge in [-0.05, 0) is 31.6 Å². The summed E-state index contributed by atoms with van der Waals surface area (Å²) in [5, 5.41) is 0. The molecule has 4 heteroatoms. The maximum absolute atomic E-state index is 12.4. The number of carbonyl (C=O) groups excluding carboxylic acids is 1. The van der Waals surface area contributed by atoms with Crippen LogP contribution in [0.25, 0.3) is 0 Å². The number of carbonyl (C=O) groups is 1. The Morgan fingerprint density at radius 2 is 1.72 bits per heavy atom. The number of hydrogen-bond acceptors (Lipinski definition) is 2. The Hall–Kier alpha value is -0.280. The normalized spacial score (nSPS) is 30.4. The van der Waals surface area contributed by atoms with Crippen molar-refractivity contribution in [2.45, 2.75) is 32.6 Å². The largest absolute Gasteiger partial charge is 0.340 e. The SMILES string of the molecule is CC1CCC(C(=O)N2CCN(CCCl)CC2)CC1. The first-order chi connectivity index (χ1) is 8.70. The van der Waals surface area contributed by atoms with Crippen LogP contribution in [0.1, 0.15) is 32.6 Å². The summed E-state index contributed by atoms with van der Waals surface area (Å²) >= 11 is 5.75. The van der Waals surface area contributed by atoms with E-state index in [9.17, 15) is 4.79 Å². The van der Waals surface area contributed by atoms with E-state index in [0.717, 1.165) is 51.5 Å². The van der Waals surface area contributed by atoms with E-state index in [4.69, 9.17) is 11.6 Å². The number of rotatable bonds is 3. The molecule has 0 aromatic carbocycles. The van der Waals surface area contributed by atoms with Gasteiger partial charge in [0.15, 0.2) is 0 Å². The van der Waals surface area contributed by atoms with Gasteiger partial charge in [0, 0.05) is 44.5 Å². The van der Waals surface area contributed by atoms with Crippen molar-refractivity contribution in [3.63, 3.8) is 0 Å². The van der Waals surface area contributed by atoms with Crippen LogP contribution in [0.4, 0.5) is 0 Å². The molecule has 0 unspecified atom stereocenters. The van der Waals surface area contributed by atoms with Crippen LogP contribution >= 0.6 is 11.6 Å². The summed E-state index contributed by atoms with van der Waals surface area (Å²) in [5.41, 5.74) is 0. The molecule has 18 heavy (non-hydrogen) atoms. The lowest BCUT2D eigenvalue weighted by Gasteiger charge is -2.37. The molecule has 1 saturated carbocycles. The molecule has 0 aromatic rings. The number of hydrogen-bond donors (Lipinski definition) is 0. The van der Waals surface area contributed by atoms with Gasteiger partial charge in [0.25, 0.3) is 0 Å². The minimum absolute atomic E-state index is 0.306. The molecule has 0 N–H and O–H groups in total. The Morgan fingerprint density at radius 1 is 1.11 bits per heavy atom. The van der Waals surface area contributed by atoms with Gasteiger partial charge in [-0.1, -0.05) is 6.92 Å². The topological polar surface area (TPSA) is 23.6 Å². The Bertz CT molecular complexity index is 269. The fourth-order valence-electron chi connectivity index (χ4n) is 3.08. The molecule has 2 fully saturated rings. The molecule has 3 nitrogen and oxygen atoms in total. The zero-order valence-corrected chi connectivity index (χ0v) is 12.2. The predicted octanol–water partition coefficient (Wildman–Crippen LogP) is 2.20. The van der Waals surface area contributed by atoms with E-state index in [1.807, 2.05) is 0 Å². The molecule has 0 spiro atoms. The molecule has 1 heterocycles. The third-order valence-corrected chi connectivity index (χ3v) is 4.62. The van der Waals surface area contributed by atoms with Gasteiger partial charge in [0.1, 0.15) is 0 Å². The van der Waals surface area contributed by atoms with E-state index in [1.54, 1.807) is 0 Å². The first-order valence-electron chi connectivity index (χ1n) is 7.28. The number of piperazine rings is 1. The van der Waals surface area contributed by atoms with Crippen LogP contribution < -0.4 is 0 Å². The van der Waals surface area contributed by atoms with Gasteiger partial charge >= 0.3 is 0 Å². The molecule has 1 aliphatic heterocycles. The molecule has 104 valence electrons. The second-order valence-corrected chi connectivity index (χ2v) is 6.19. The molecule has 1 saturated heterocycles. The van der Waals surface area contributed by atoms with Crippen LogP contribution in [-0.2, 0) is 4.79 Å². The molecule has 1 aliphatic carbocycles. The number of nitrogens with zero attached hydrogens (tertiary/aromatic N) is 2. The van der Waals surface area contributed by atoms with Gasteiger partial charge in [-0.3, -0.25) is 9.69 Å². The molecule has 0 atom stereocenters. The van der Waals surface area contributed by atoms with Crippen LogP contribution in [0.2, 0.25) is 0 Å². The first-order valence-corrected chi connectivity index (χ1v) is 7.81. The van der Waals surface area contributed by atoms with Gasteiger partial charge < -0.3 is 4.90 Å². The average molecular weight is 273 g/mol. The lowest BCUT2D eigenvalue weighted by molar-refractivity contribution is -0.138. The maximum atomic E-state index is 12.4. The molecular formula is C14H25ClN2O. The van der Waals surface area contributed by atoms with Crippen molar-refractivity contribution in [3.8, 4) is 0 Å². The van der Waals surface area contributed by atoms with Crippen LogP contribution in [-0.4, -0.2) is 54.3 Å². The van der Waals surface area contributed by atoms with E-state index in [1.165, 1.54) is 12.8 Å². The smallest absolute Gasteiger partial charge is 0.225 e. The summed E-state index contributed by atoms with van der Waals surface area (Å²) in [6.45, 7) is 7.00. The average Bonchev–Trinajstić information content (AvgIpc) is 2.40. The summed E-state index contributed by atoms with van der Waals surface area (Å²) in [6, 6.07) is 0. The first kappa shape index (κ1) is 14.1. The van der Waals surface area contributed by atoms with Gasteiger partial charge in [0.05, 0.1) is 0 Å². The summed E-state index contributed by atoms with van der Waals surface area (Å²) in [5.74, 6) is 2.22. The standard InChI is InChI=1S/C14H25ClN2O/c1-12-2-4-13(5-3-12)14(18)17-10-8-16(7-6-15)9-11-17/h12-13H,2-11H2,1H3. The molecule has 1 amide bonds. The Kier molecular flexibility index (Phi) is 5.31. The minimum Gasteiger partial charge on any atom is -0.340 e. The van der Waals surface area contributed by atoms with E-state index >= 15 is 0 Å². The van der Waals surface area contributed by atoms with Crippen molar-refractivity contribution < 1.29 is 4.79 Å². The van der Waals surface area contributed by atoms with Gasteiger partial charge in [-0.2, -0.15) is 0 Å². The van der Waals surface area contributed by atoms with Crippen molar-refractivity contribution in [1.29, 1.82) is 0 Å². The molecular weight excluding hydrogens is 248 g/mol. The Labute approximate surface area is 115 Å². The van der Waals surface area contributed by atoms with Crippen LogP contribution in [0.5, 0.6) is 0 Å². The zero-order chi connectivity index (χ0) is 13.0. The van der Waals surface area contributed by atoms with Crippen LogP contribution in [0, 0.1) is 11.8 Å². The third-order valence-electron chi connectivity index (χ3n) is 4.45. The maximum Gasteiger partial charge on any atom is 0.225 e. The third kappa shape index (κ3) is 3.61. The number of amides is 1. The van der Waals surface area contributed by atoms with Crippen LogP contribution in [0.3, 0.4) is 0 Å². The van der Waals surface area contributed by atoms with E-state index in [0.29, 0.717) is 17.7 Å². The Morgan fingerprint density at radius 3 is 2.28 bits per heavy atom. The highest BCUT2D eigenvalue weighted by atomic mass is 35.5. The van der Waals surface area contributed by atoms with Crippen molar-refractivity contribution in [2.75, 3.05) is 38.6 Å². The van der Waals surface area contributed by atoms with Crippen molar-refractivity contribution in [1.82, 2.24) is 9.80 Å². The zero-order valence-electron chi connectivity index (χ0n) is 11.4. The van der Waals surface area contributed by atoms with Crippen molar-refractivity contribution >= 4 is 17.5 Å². The highest BCUT2D eigenvalue weighted by Crippen LogP contribution is 2.29. The monoisotopic (exact) mass is 272 g/mol. The Balaban J connectivity index is 1.77. The molecule has 0 aromatic heterocycles. The van der Waals surface area contributed by atoms with Crippen molar-refractivity contribution in [3.05, 3.63) is 0 Å². The number of alkyl halides is 1. The second-order valence-electron chi connectivity index (χ2n) is 5.81. The molecule has 2 aliphatic rings. The van der Waals surface area contributed by atoms with E-state index < -0.39 is 0 Å². The van der Waals surface area contributed by atoms with E-state index in [-0.39, 0.29) is 0 Å². The van der Waals surface area contributed by atoms with Crippen molar-refractivity contribution in [2.24, 2.45) is 11.8 Å². The predicted molar refractivity (Wildman–Crippen MR) is 74.9 cm³/mol. The summed E-state index contributed by atoms with van der Waals surface area (Å²) < 4.78 is 0. The van der Waals surface area contributed by atoms with E-state index in [2.05, 4.69) is 16.7 Å². The summed E-state index contributed by atoms with van der Waals surface area (Å²) in [4.78, 5) is 16.8. The lowest BCUT2D eigenvalue weighted by atomic mass is 9.82. The summed E-state index contributed by atoms with van der Waals surface area (Å²) in [6.07, 6.45) is 4.65. The summed E-state index contributed by atoms with van der Waals surface area (Å²) in [7, 11) is 0. The molecule has 2 rings (SSSR count). The fourth-order valence-corrected chi connectivity index (χ4v) is 3.32. The number of halogens is 1. The quantitative estimate of drug-likeness (QED) is 0.736. The second kappa shape index (κ2) is 6.76. The molecule has 0 bridgehead atoms. The van der Waals surface area contributed by atoms with Gasteiger partial charge in [-0.15, -0.1) is 11.6 Å². The van der Waals surface area contributed by atoms with Crippen LogP contribution in [0.15, 0.2) is 0 Å². The highest BCUT2D eigenvalue weighted by Gasteiger charge is 2.29. The van der Waals surface area contributed by atoms with Gasteiger partial charge in [0.2, 0.25) is 5.91 Å². The minimum atomic E-state index is 0.306. The lowest BCUT2D eigenvalue weighted by Crippen LogP contribution is -2.50. The van der Waals surface area contributed by atoms with Gasteiger partial charge in [-0.25, -0.2) is 0 Å². The fraction of sp³-hybridized carbons (Fsp3) is 0.929. The highest BCUT2D eigenvalue weighted by molar-refractivity contribution is 6.18.